The molecule has 0 bridgehead atoms. The first kappa shape index (κ1) is 12.4. The van der Waals surface area contributed by atoms with E-state index in [-0.39, 0.29) is 0 Å². The summed E-state index contributed by atoms with van der Waals surface area (Å²) in [5.74, 6) is 0. The number of hydrogen-bond donors (Lipinski definition) is 2. The average Bonchev–Trinajstić information content (AvgIpc) is 2.35. The summed E-state index contributed by atoms with van der Waals surface area (Å²) in [6, 6.07) is 8.74. The van der Waals surface area contributed by atoms with Gasteiger partial charge in [-0.25, -0.2) is 0 Å². The Kier molecular flexibility index (Phi) is 4.36. The van der Waals surface area contributed by atoms with Gasteiger partial charge >= 0.3 is 0 Å². The second kappa shape index (κ2) is 6.00. The number of nitrogens with one attached hydrogen (secondary N) is 1. The molecule has 0 aliphatic carbocycles. The van der Waals surface area contributed by atoms with Crippen molar-refractivity contribution in [1.82, 2.24) is 4.90 Å². The van der Waals surface area contributed by atoms with Crippen molar-refractivity contribution in [1.29, 1.82) is 0 Å². The minimum absolute atomic E-state index is 0.402. The van der Waals surface area contributed by atoms with Gasteiger partial charge in [-0.1, -0.05) is 12.1 Å². The first-order valence-electron chi connectivity index (χ1n) is 6.14. The zero-order valence-electron chi connectivity index (χ0n) is 10.4. The lowest BCUT2D eigenvalue weighted by Crippen LogP contribution is -2.39. The van der Waals surface area contributed by atoms with Gasteiger partial charge in [0.25, 0.3) is 0 Å². The molecule has 0 spiro atoms. The van der Waals surface area contributed by atoms with Crippen LogP contribution in [-0.2, 0) is 11.4 Å². The first-order valence-corrected chi connectivity index (χ1v) is 6.14. The second-order valence-corrected chi connectivity index (χ2v) is 4.62. The highest BCUT2D eigenvalue weighted by Gasteiger charge is 2.15. The first-order chi connectivity index (χ1) is 8.28. The van der Waals surface area contributed by atoms with E-state index in [0.29, 0.717) is 6.04 Å². The summed E-state index contributed by atoms with van der Waals surface area (Å²) < 4.78 is 0. The normalized spacial score (nSPS) is 18.2. The molecule has 1 saturated heterocycles. The summed E-state index contributed by atoms with van der Waals surface area (Å²) in [7, 11) is 1.62. The molecule has 0 saturated carbocycles. The number of benzene rings is 1. The van der Waals surface area contributed by atoms with Crippen LogP contribution in [0.4, 0.5) is 5.69 Å². The number of nitrogens with two attached hydrogens (primary N) is 1. The van der Waals surface area contributed by atoms with E-state index >= 15 is 0 Å². The van der Waals surface area contributed by atoms with Crippen LogP contribution in [0.1, 0.15) is 18.4 Å². The molecular formula is C13H21N3O. The molecule has 0 unspecified atom stereocenters. The average molecular weight is 235 g/mol. The van der Waals surface area contributed by atoms with Crippen molar-refractivity contribution >= 4 is 5.69 Å². The summed E-state index contributed by atoms with van der Waals surface area (Å²) in [6.45, 7) is 3.23. The quantitative estimate of drug-likeness (QED) is 0.778. The number of likely N-dealkylation sites (tertiary alicyclic amines) is 1. The van der Waals surface area contributed by atoms with Crippen LogP contribution in [0.2, 0.25) is 0 Å². The van der Waals surface area contributed by atoms with Crippen molar-refractivity contribution in [3.63, 3.8) is 0 Å². The zero-order chi connectivity index (χ0) is 12.1. The molecule has 2 rings (SSSR count). The summed E-state index contributed by atoms with van der Waals surface area (Å²) in [5, 5.41) is 0. The maximum absolute atomic E-state index is 5.89. The Bertz CT molecular complexity index is 331. The van der Waals surface area contributed by atoms with E-state index < -0.39 is 0 Å². The fourth-order valence-electron chi connectivity index (χ4n) is 2.17. The summed E-state index contributed by atoms with van der Waals surface area (Å²) in [5.41, 5.74) is 11.0. The highest BCUT2D eigenvalue weighted by molar-refractivity contribution is 5.42. The topological polar surface area (TPSA) is 50.5 Å². The molecule has 1 aromatic rings. The molecule has 1 heterocycles. The van der Waals surface area contributed by atoms with Crippen LogP contribution in [0.15, 0.2) is 24.3 Å². The van der Waals surface area contributed by atoms with Crippen LogP contribution < -0.4 is 11.2 Å². The molecule has 0 aromatic heterocycles. The third-order valence-corrected chi connectivity index (χ3v) is 3.21. The molecule has 1 aliphatic rings. The number of anilines is 1. The molecule has 3 N–H and O–H groups in total. The maximum Gasteiger partial charge on any atom is 0.0636 e. The predicted molar refractivity (Wildman–Crippen MR) is 69.6 cm³/mol. The monoisotopic (exact) mass is 235 g/mol. The molecule has 4 nitrogen and oxygen atoms in total. The highest BCUT2D eigenvalue weighted by atomic mass is 16.6. The Morgan fingerprint density at radius 2 is 1.94 bits per heavy atom. The van der Waals surface area contributed by atoms with E-state index in [0.717, 1.165) is 38.2 Å². The van der Waals surface area contributed by atoms with Gasteiger partial charge in [0.2, 0.25) is 0 Å². The Labute approximate surface area is 103 Å². The van der Waals surface area contributed by atoms with Crippen molar-refractivity contribution in [3.8, 4) is 0 Å². The van der Waals surface area contributed by atoms with Crippen molar-refractivity contribution in [2.45, 2.75) is 25.4 Å². The number of hydrogen-bond acceptors (Lipinski definition) is 4. The zero-order valence-corrected chi connectivity index (χ0v) is 10.4. The molecule has 1 fully saturated rings. The highest BCUT2D eigenvalue weighted by Crippen LogP contribution is 2.14. The van der Waals surface area contributed by atoms with Gasteiger partial charge in [0.05, 0.1) is 12.8 Å². The van der Waals surface area contributed by atoms with Gasteiger partial charge < -0.3 is 5.73 Å². The Hall–Kier alpha value is -1.10. The SMILES string of the molecule is CONc1ccc(CN2CCC(N)CC2)cc1. The Morgan fingerprint density at radius 3 is 2.53 bits per heavy atom. The van der Waals surface area contributed by atoms with E-state index in [4.69, 9.17) is 10.6 Å². The van der Waals surface area contributed by atoms with Gasteiger partial charge in [0.1, 0.15) is 0 Å². The van der Waals surface area contributed by atoms with E-state index in [1.165, 1.54) is 5.56 Å². The number of piperidine rings is 1. The molecule has 1 aromatic carbocycles. The molecule has 0 amide bonds. The van der Waals surface area contributed by atoms with Gasteiger partial charge in [0, 0.05) is 12.6 Å². The van der Waals surface area contributed by atoms with Gasteiger partial charge in [0.15, 0.2) is 0 Å². The molecule has 94 valence electrons. The van der Waals surface area contributed by atoms with Crippen LogP contribution in [0.3, 0.4) is 0 Å². The third-order valence-electron chi connectivity index (χ3n) is 3.21. The Morgan fingerprint density at radius 1 is 1.29 bits per heavy atom. The third kappa shape index (κ3) is 3.70. The fourth-order valence-corrected chi connectivity index (χ4v) is 2.17. The van der Waals surface area contributed by atoms with Gasteiger partial charge in [-0.3, -0.25) is 15.2 Å². The standard InChI is InChI=1S/C13H21N3O/c1-17-15-13-4-2-11(3-5-13)10-16-8-6-12(14)7-9-16/h2-5,12,15H,6-10,14H2,1H3. The minimum atomic E-state index is 0.402. The lowest BCUT2D eigenvalue weighted by Gasteiger charge is -2.30. The van der Waals surface area contributed by atoms with E-state index in [9.17, 15) is 0 Å². The second-order valence-electron chi connectivity index (χ2n) is 4.62. The van der Waals surface area contributed by atoms with Crippen LogP contribution in [0.25, 0.3) is 0 Å². The fraction of sp³-hybridized carbons (Fsp3) is 0.538. The van der Waals surface area contributed by atoms with Crippen molar-refractivity contribution in [2.24, 2.45) is 5.73 Å². The van der Waals surface area contributed by atoms with Gasteiger partial charge in [-0.2, -0.15) is 0 Å². The van der Waals surface area contributed by atoms with Crippen molar-refractivity contribution < 1.29 is 4.84 Å². The largest absolute Gasteiger partial charge is 0.328 e. The van der Waals surface area contributed by atoms with E-state index in [2.05, 4.69) is 22.5 Å². The summed E-state index contributed by atoms with van der Waals surface area (Å²) in [4.78, 5) is 7.32. The smallest absolute Gasteiger partial charge is 0.0636 e. The molecule has 17 heavy (non-hydrogen) atoms. The van der Waals surface area contributed by atoms with Gasteiger partial charge in [-0.05, 0) is 43.6 Å². The van der Waals surface area contributed by atoms with Crippen molar-refractivity contribution in [2.75, 3.05) is 25.7 Å². The van der Waals surface area contributed by atoms with Crippen LogP contribution in [-0.4, -0.2) is 31.1 Å². The molecule has 0 atom stereocenters. The van der Waals surface area contributed by atoms with E-state index in [1.54, 1.807) is 7.11 Å². The molecule has 4 heteroatoms. The lowest BCUT2D eigenvalue weighted by atomic mass is 10.1. The van der Waals surface area contributed by atoms with Crippen LogP contribution in [0, 0.1) is 0 Å². The molecular weight excluding hydrogens is 214 g/mol. The van der Waals surface area contributed by atoms with Gasteiger partial charge in [-0.15, -0.1) is 0 Å². The number of rotatable bonds is 4. The summed E-state index contributed by atoms with van der Waals surface area (Å²) >= 11 is 0. The molecule has 1 aliphatic heterocycles. The summed E-state index contributed by atoms with van der Waals surface area (Å²) in [6.07, 6.45) is 2.23. The van der Waals surface area contributed by atoms with E-state index in [1.807, 2.05) is 12.1 Å². The Balaban J connectivity index is 1.86. The minimum Gasteiger partial charge on any atom is -0.328 e. The van der Waals surface area contributed by atoms with Crippen LogP contribution >= 0.6 is 0 Å². The predicted octanol–water partition coefficient (Wildman–Crippen LogP) is 1.58. The maximum atomic E-state index is 5.89. The lowest BCUT2D eigenvalue weighted by molar-refractivity contribution is 0.205. The molecule has 0 radical (unpaired) electrons. The number of nitrogens with zero attached hydrogens (tertiary/aromatic N) is 1. The van der Waals surface area contributed by atoms with Crippen LogP contribution in [0.5, 0.6) is 0 Å². The van der Waals surface area contributed by atoms with Crippen molar-refractivity contribution in [3.05, 3.63) is 29.8 Å².